The summed E-state index contributed by atoms with van der Waals surface area (Å²) in [4.78, 5) is 17.3. The van der Waals surface area contributed by atoms with Crippen LogP contribution in [0.4, 0.5) is 0 Å². The van der Waals surface area contributed by atoms with Crippen LogP contribution in [0.2, 0.25) is 0 Å². The summed E-state index contributed by atoms with van der Waals surface area (Å²) < 4.78 is 5.28. The largest absolute Gasteiger partial charge is 0.466 e. The van der Waals surface area contributed by atoms with E-state index in [0.717, 1.165) is 39.0 Å². The highest BCUT2D eigenvalue weighted by Crippen LogP contribution is 2.35. The van der Waals surface area contributed by atoms with Crippen molar-refractivity contribution in [3.05, 3.63) is 0 Å². The number of hydrogen-bond acceptors (Lipinski definition) is 4. The van der Waals surface area contributed by atoms with Crippen LogP contribution in [0, 0.1) is 0 Å². The summed E-state index contributed by atoms with van der Waals surface area (Å²) in [6.07, 6.45) is 7.93. The summed E-state index contributed by atoms with van der Waals surface area (Å²) in [5, 5.41) is 0. The molecule has 2 heterocycles. The minimum absolute atomic E-state index is 0.00646. The van der Waals surface area contributed by atoms with E-state index in [4.69, 9.17) is 4.74 Å². The van der Waals surface area contributed by atoms with Crippen molar-refractivity contribution in [2.75, 3.05) is 39.3 Å². The number of hydrogen-bond donors (Lipinski definition) is 0. The predicted octanol–water partition coefficient (Wildman–Crippen LogP) is 2.67. The topological polar surface area (TPSA) is 32.8 Å². The summed E-state index contributed by atoms with van der Waals surface area (Å²) in [7, 11) is 0. The summed E-state index contributed by atoms with van der Waals surface area (Å²) >= 11 is 0. The minimum atomic E-state index is -0.00646. The molecule has 0 aromatic rings. The number of piperidine rings is 1. The van der Waals surface area contributed by atoms with Crippen LogP contribution >= 0.6 is 0 Å². The molecule has 0 amide bonds. The number of rotatable bonds is 5. The van der Waals surface area contributed by atoms with E-state index in [9.17, 15) is 4.79 Å². The van der Waals surface area contributed by atoms with E-state index in [1.165, 1.54) is 32.2 Å². The summed E-state index contributed by atoms with van der Waals surface area (Å²) in [6.45, 7) is 10.4. The third kappa shape index (κ3) is 4.43. The molecule has 2 fully saturated rings. The highest BCUT2D eigenvalue weighted by Gasteiger charge is 2.40. The van der Waals surface area contributed by atoms with Crippen LogP contribution in [0.15, 0.2) is 0 Å². The summed E-state index contributed by atoms with van der Waals surface area (Å²) in [5.41, 5.74) is 0.0522. The molecule has 0 aromatic heterocycles. The van der Waals surface area contributed by atoms with Gasteiger partial charge in [-0.15, -0.1) is 0 Å². The molecule has 21 heavy (non-hydrogen) atoms. The van der Waals surface area contributed by atoms with Crippen LogP contribution in [-0.2, 0) is 9.53 Å². The third-order valence-electron chi connectivity index (χ3n) is 5.26. The Labute approximate surface area is 129 Å². The zero-order valence-electron chi connectivity index (χ0n) is 13.9. The Hall–Kier alpha value is -0.610. The highest BCUT2D eigenvalue weighted by atomic mass is 16.5. The molecule has 4 heteroatoms. The van der Waals surface area contributed by atoms with Crippen molar-refractivity contribution in [1.82, 2.24) is 9.80 Å². The maximum atomic E-state index is 12.2. The van der Waals surface area contributed by atoms with Crippen molar-refractivity contribution >= 4 is 5.97 Å². The first-order chi connectivity index (χ1) is 10.2. The van der Waals surface area contributed by atoms with Crippen LogP contribution in [0.25, 0.3) is 0 Å². The van der Waals surface area contributed by atoms with Gasteiger partial charge in [0.25, 0.3) is 0 Å². The normalized spacial score (nSPS) is 29.0. The fourth-order valence-corrected chi connectivity index (χ4v) is 4.00. The van der Waals surface area contributed by atoms with Gasteiger partial charge in [-0.3, -0.25) is 9.69 Å². The fourth-order valence-electron chi connectivity index (χ4n) is 4.00. The smallest absolute Gasteiger partial charge is 0.307 e. The van der Waals surface area contributed by atoms with Crippen molar-refractivity contribution < 1.29 is 9.53 Å². The van der Waals surface area contributed by atoms with Crippen molar-refractivity contribution in [1.29, 1.82) is 0 Å². The van der Waals surface area contributed by atoms with E-state index in [1.807, 2.05) is 6.92 Å². The fraction of sp³-hybridized carbons (Fsp3) is 0.941. The molecular weight excluding hydrogens is 264 g/mol. The van der Waals surface area contributed by atoms with Crippen LogP contribution < -0.4 is 0 Å². The van der Waals surface area contributed by atoms with Crippen LogP contribution in [0.5, 0.6) is 0 Å². The van der Waals surface area contributed by atoms with Gasteiger partial charge < -0.3 is 9.64 Å². The van der Waals surface area contributed by atoms with Gasteiger partial charge in [0.1, 0.15) is 0 Å². The van der Waals surface area contributed by atoms with Gasteiger partial charge in [0.2, 0.25) is 0 Å². The summed E-state index contributed by atoms with van der Waals surface area (Å²) in [5.74, 6) is -0.00646. The second kappa shape index (κ2) is 8.14. The van der Waals surface area contributed by atoms with E-state index in [-0.39, 0.29) is 11.5 Å². The van der Waals surface area contributed by atoms with Gasteiger partial charge in [0.05, 0.1) is 13.0 Å². The van der Waals surface area contributed by atoms with Gasteiger partial charge in [0.15, 0.2) is 0 Å². The molecular formula is C17H32N2O2. The SMILES string of the molecule is CCOC(=O)CC1(N2CCCCC2)CCCN(CC)CC1. The van der Waals surface area contributed by atoms with Crippen molar-refractivity contribution in [3.63, 3.8) is 0 Å². The number of nitrogens with zero attached hydrogens (tertiary/aromatic N) is 2. The molecule has 1 atom stereocenters. The van der Waals surface area contributed by atoms with Gasteiger partial charge in [-0.05, 0) is 71.8 Å². The van der Waals surface area contributed by atoms with Gasteiger partial charge in [0, 0.05) is 5.54 Å². The van der Waals surface area contributed by atoms with Crippen LogP contribution in [-0.4, -0.2) is 60.6 Å². The molecule has 0 aromatic carbocycles. The van der Waals surface area contributed by atoms with E-state index < -0.39 is 0 Å². The molecule has 2 aliphatic heterocycles. The van der Waals surface area contributed by atoms with Gasteiger partial charge in [-0.25, -0.2) is 0 Å². The zero-order valence-corrected chi connectivity index (χ0v) is 13.9. The van der Waals surface area contributed by atoms with Crippen LogP contribution in [0.3, 0.4) is 0 Å². The third-order valence-corrected chi connectivity index (χ3v) is 5.26. The van der Waals surface area contributed by atoms with E-state index in [1.54, 1.807) is 0 Å². The Balaban J connectivity index is 2.10. The molecule has 2 aliphatic rings. The number of carbonyl (C=O) groups excluding carboxylic acids is 1. The number of likely N-dealkylation sites (tertiary alicyclic amines) is 2. The molecule has 0 bridgehead atoms. The lowest BCUT2D eigenvalue weighted by molar-refractivity contribution is -0.147. The molecule has 2 rings (SSSR count). The Morgan fingerprint density at radius 2 is 1.76 bits per heavy atom. The Bertz CT molecular complexity index is 329. The van der Waals surface area contributed by atoms with E-state index in [2.05, 4.69) is 16.7 Å². The molecule has 0 radical (unpaired) electrons. The van der Waals surface area contributed by atoms with Gasteiger partial charge in [-0.1, -0.05) is 13.3 Å². The van der Waals surface area contributed by atoms with Crippen LogP contribution in [0.1, 0.15) is 58.8 Å². The lowest BCUT2D eigenvalue weighted by Gasteiger charge is -2.45. The second-order valence-corrected chi connectivity index (χ2v) is 6.54. The first-order valence-corrected chi connectivity index (χ1v) is 8.83. The maximum absolute atomic E-state index is 12.2. The first-order valence-electron chi connectivity index (χ1n) is 8.83. The van der Waals surface area contributed by atoms with Crippen molar-refractivity contribution in [3.8, 4) is 0 Å². The lowest BCUT2D eigenvalue weighted by atomic mass is 9.83. The van der Waals surface area contributed by atoms with Gasteiger partial charge in [-0.2, -0.15) is 0 Å². The average Bonchev–Trinajstić information content (AvgIpc) is 2.71. The lowest BCUT2D eigenvalue weighted by Crippen LogP contribution is -2.52. The monoisotopic (exact) mass is 296 g/mol. The van der Waals surface area contributed by atoms with Gasteiger partial charge >= 0.3 is 5.97 Å². The average molecular weight is 296 g/mol. The van der Waals surface area contributed by atoms with E-state index in [0.29, 0.717) is 13.0 Å². The molecule has 0 spiro atoms. The van der Waals surface area contributed by atoms with Crippen molar-refractivity contribution in [2.24, 2.45) is 0 Å². The Kier molecular flexibility index (Phi) is 6.49. The highest BCUT2D eigenvalue weighted by molar-refractivity contribution is 5.71. The standard InChI is InChI=1S/C17H32N2O2/c1-3-18-11-8-9-17(10-14-18,15-16(20)21-4-2)19-12-6-5-7-13-19/h3-15H2,1-2H3. The number of ether oxygens (including phenoxy) is 1. The summed E-state index contributed by atoms with van der Waals surface area (Å²) in [6, 6.07) is 0. The zero-order chi connectivity index (χ0) is 15.1. The second-order valence-electron chi connectivity index (χ2n) is 6.54. The molecule has 0 saturated carbocycles. The number of carbonyl (C=O) groups is 1. The Morgan fingerprint density at radius 1 is 1.00 bits per heavy atom. The van der Waals surface area contributed by atoms with E-state index >= 15 is 0 Å². The van der Waals surface area contributed by atoms with Crippen molar-refractivity contribution in [2.45, 2.75) is 64.3 Å². The molecule has 0 aliphatic carbocycles. The number of esters is 1. The molecule has 0 N–H and O–H groups in total. The Morgan fingerprint density at radius 3 is 2.43 bits per heavy atom. The maximum Gasteiger partial charge on any atom is 0.307 e. The quantitative estimate of drug-likeness (QED) is 0.730. The molecule has 2 saturated heterocycles. The minimum Gasteiger partial charge on any atom is -0.466 e. The molecule has 122 valence electrons. The molecule has 1 unspecified atom stereocenters. The molecule has 4 nitrogen and oxygen atoms in total. The predicted molar refractivity (Wildman–Crippen MR) is 85.4 cm³/mol. The first kappa shape index (κ1) is 16.8.